The Morgan fingerprint density at radius 2 is 1.88 bits per heavy atom. The van der Waals surface area contributed by atoms with Crippen molar-refractivity contribution in [3.8, 4) is 11.3 Å². The molecule has 0 saturated heterocycles. The highest BCUT2D eigenvalue weighted by atomic mass is 35.5. The first-order valence-corrected chi connectivity index (χ1v) is 5.45. The fraction of sp³-hybridized carbons (Fsp3) is 0.167. The summed E-state index contributed by atoms with van der Waals surface area (Å²) in [6, 6.07) is 9.46. The lowest BCUT2D eigenvalue weighted by Crippen LogP contribution is -2.06. The molecule has 2 rings (SSSR count). The lowest BCUT2D eigenvalue weighted by Gasteiger charge is -2.03. The molecule has 0 saturated carbocycles. The predicted octanol–water partition coefficient (Wildman–Crippen LogP) is 2.30. The van der Waals surface area contributed by atoms with Gasteiger partial charge in [0.15, 0.2) is 0 Å². The zero-order valence-electron chi connectivity index (χ0n) is 8.73. The van der Waals surface area contributed by atoms with Gasteiger partial charge in [-0.15, -0.1) is 0 Å². The van der Waals surface area contributed by atoms with Gasteiger partial charge in [0.05, 0.1) is 5.69 Å². The van der Waals surface area contributed by atoms with Crippen LogP contribution in [0.25, 0.3) is 11.3 Å². The second kappa shape index (κ2) is 5.05. The number of rotatable bonds is 3. The highest BCUT2D eigenvalue weighted by Gasteiger charge is 2.01. The molecule has 4 heteroatoms. The second-order valence-corrected chi connectivity index (χ2v) is 3.84. The summed E-state index contributed by atoms with van der Waals surface area (Å²) < 4.78 is 0. The van der Waals surface area contributed by atoms with Gasteiger partial charge in [0, 0.05) is 23.2 Å². The minimum atomic E-state index is 0.560. The van der Waals surface area contributed by atoms with Crippen LogP contribution in [0.15, 0.2) is 36.5 Å². The van der Waals surface area contributed by atoms with Crippen LogP contribution in [0.3, 0.4) is 0 Å². The van der Waals surface area contributed by atoms with Crippen LogP contribution in [-0.4, -0.2) is 16.5 Å². The van der Waals surface area contributed by atoms with Gasteiger partial charge in [-0.2, -0.15) is 0 Å². The van der Waals surface area contributed by atoms with Crippen LogP contribution in [0.5, 0.6) is 0 Å². The molecule has 3 nitrogen and oxygen atoms in total. The Bertz CT molecular complexity index is 468. The second-order valence-electron chi connectivity index (χ2n) is 3.40. The molecule has 0 unspecified atom stereocenters. The first-order valence-electron chi connectivity index (χ1n) is 5.07. The fourth-order valence-corrected chi connectivity index (χ4v) is 1.56. The van der Waals surface area contributed by atoms with Crippen molar-refractivity contribution in [1.29, 1.82) is 0 Å². The van der Waals surface area contributed by atoms with Crippen LogP contribution in [-0.2, 0) is 6.42 Å². The van der Waals surface area contributed by atoms with Crippen molar-refractivity contribution < 1.29 is 0 Å². The topological polar surface area (TPSA) is 51.8 Å². The van der Waals surface area contributed by atoms with Crippen molar-refractivity contribution in [3.05, 3.63) is 47.4 Å². The van der Waals surface area contributed by atoms with Crippen molar-refractivity contribution in [2.75, 3.05) is 6.54 Å². The van der Waals surface area contributed by atoms with Gasteiger partial charge in [-0.05, 0) is 24.7 Å². The molecule has 0 spiro atoms. The van der Waals surface area contributed by atoms with E-state index in [0.717, 1.165) is 22.1 Å². The molecule has 0 amide bonds. The van der Waals surface area contributed by atoms with Gasteiger partial charge in [0.1, 0.15) is 5.82 Å². The molecule has 0 aliphatic rings. The summed E-state index contributed by atoms with van der Waals surface area (Å²) >= 11 is 5.83. The number of benzene rings is 1. The summed E-state index contributed by atoms with van der Waals surface area (Å²) in [5, 5.41) is 0.722. The van der Waals surface area contributed by atoms with E-state index in [0.29, 0.717) is 13.0 Å². The zero-order chi connectivity index (χ0) is 11.4. The standard InChI is InChI=1S/C12H12ClN3/c13-10-3-1-9(2-4-10)11-6-8-15-12(16-11)5-7-14/h1-4,6,8H,5,7,14H2. The average Bonchev–Trinajstić information content (AvgIpc) is 2.31. The normalized spacial score (nSPS) is 10.4. The van der Waals surface area contributed by atoms with Gasteiger partial charge >= 0.3 is 0 Å². The molecule has 0 fully saturated rings. The minimum Gasteiger partial charge on any atom is -0.330 e. The molecule has 1 heterocycles. The fourth-order valence-electron chi connectivity index (χ4n) is 1.43. The SMILES string of the molecule is NCCc1nccc(-c2ccc(Cl)cc2)n1. The Kier molecular flexibility index (Phi) is 3.49. The van der Waals surface area contributed by atoms with Gasteiger partial charge in [-0.1, -0.05) is 23.7 Å². The molecule has 1 aromatic heterocycles. The van der Waals surface area contributed by atoms with E-state index < -0.39 is 0 Å². The third kappa shape index (κ3) is 2.56. The first kappa shape index (κ1) is 11.0. The molecule has 2 N–H and O–H groups in total. The van der Waals surface area contributed by atoms with E-state index in [-0.39, 0.29) is 0 Å². The van der Waals surface area contributed by atoms with Crippen molar-refractivity contribution >= 4 is 11.6 Å². The van der Waals surface area contributed by atoms with Gasteiger partial charge in [0.25, 0.3) is 0 Å². The van der Waals surface area contributed by atoms with E-state index in [9.17, 15) is 0 Å². The lowest BCUT2D eigenvalue weighted by molar-refractivity contribution is 0.869. The zero-order valence-corrected chi connectivity index (χ0v) is 9.48. The predicted molar refractivity (Wildman–Crippen MR) is 65.2 cm³/mol. The van der Waals surface area contributed by atoms with Crippen molar-refractivity contribution in [2.45, 2.75) is 6.42 Å². The molecule has 0 aliphatic carbocycles. The molecule has 82 valence electrons. The Hall–Kier alpha value is -1.45. The van der Waals surface area contributed by atoms with Crippen LogP contribution in [0.4, 0.5) is 0 Å². The number of hydrogen-bond donors (Lipinski definition) is 1. The lowest BCUT2D eigenvalue weighted by atomic mass is 10.1. The number of nitrogens with zero attached hydrogens (tertiary/aromatic N) is 2. The molecule has 1 aromatic carbocycles. The monoisotopic (exact) mass is 233 g/mol. The highest BCUT2D eigenvalue weighted by molar-refractivity contribution is 6.30. The maximum Gasteiger partial charge on any atom is 0.130 e. The third-order valence-electron chi connectivity index (χ3n) is 2.21. The van der Waals surface area contributed by atoms with E-state index in [2.05, 4.69) is 9.97 Å². The van der Waals surface area contributed by atoms with Crippen molar-refractivity contribution in [2.24, 2.45) is 5.73 Å². The number of nitrogens with two attached hydrogens (primary N) is 1. The number of halogens is 1. The maximum absolute atomic E-state index is 5.83. The molecule has 0 aliphatic heterocycles. The van der Waals surface area contributed by atoms with Crippen LogP contribution < -0.4 is 5.73 Å². The Morgan fingerprint density at radius 1 is 1.12 bits per heavy atom. The molecule has 16 heavy (non-hydrogen) atoms. The number of aromatic nitrogens is 2. The highest BCUT2D eigenvalue weighted by Crippen LogP contribution is 2.19. The van der Waals surface area contributed by atoms with E-state index >= 15 is 0 Å². The Labute approximate surface area is 99.3 Å². The molecule has 0 atom stereocenters. The van der Waals surface area contributed by atoms with Gasteiger partial charge in [0.2, 0.25) is 0 Å². The van der Waals surface area contributed by atoms with E-state index in [1.165, 1.54) is 0 Å². The smallest absolute Gasteiger partial charge is 0.130 e. The third-order valence-corrected chi connectivity index (χ3v) is 2.47. The summed E-state index contributed by atoms with van der Waals surface area (Å²) in [5.74, 6) is 0.773. The summed E-state index contributed by atoms with van der Waals surface area (Å²) in [6.45, 7) is 0.560. The first-order chi connectivity index (χ1) is 7.79. The minimum absolute atomic E-state index is 0.560. The average molecular weight is 234 g/mol. The van der Waals surface area contributed by atoms with Gasteiger partial charge in [-0.3, -0.25) is 0 Å². The van der Waals surface area contributed by atoms with Gasteiger partial charge < -0.3 is 5.73 Å². The van der Waals surface area contributed by atoms with Crippen molar-refractivity contribution in [1.82, 2.24) is 9.97 Å². The Balaban J connectivity index is 2.32. The molecule has 0 bridgehead atoms. The summed E-state index contributed by atoms with van der Waals surface area (Å²) in [5.41, 5.74) is 7.40. The van der Waals surface area contributed by atoms with Gasteiger partial charge in [-0.25, -0.2) is 9.97 Å². The van der Waals surface area contributed by atoms with E-state index in [4.69, 9.17) is 17.3 Å². The number of hydrogen-bond acceptors (Lipinski definition) is 3. The Morgan fingerprint density at radius 3 is 2.56 bits per heavy atom. The van der Waals surface area contributed by atoms with Crippen LogP contribution in [0.1, 0.15) is 5.82 Å². The summed E-state index contributed by atoms with van der Waals surface area (Å²) in [6.07, 6.45) is 2.45. The maximum atomic E-state index is 5.83. The van der Waals surface area contributed by atoms with Crippen LogP contribution in [0, 0.1) is 0 Å². The molecule has 2 aromatic rings. The molecular weight excluding hydrogens is 222 g/mol. The van der Waals surface area contributed by atoms with Crippen LogP contribution >= 0.6 is 11.6 Å². The summed E-state index contributed by atoms with van der Waals surface area (Å²) in [7, 11) is 0. The quantitative estimate of drug-likeness (QED) is 0.885. The van der Waals surface area contributed by atoms with E-state index in [1.807, 2.05) is 30.3 Å². The van der Waals surface area contributed by atoms with Crippen LogP contribution in [0.2, 0.25) is 5.02 Å². The summed E-state index contributed by atoms with van der Waals surface area (Å²) in [4.78, 5) is 8.58. The molecular formula is C12H12ClN3. The molecule has 0 radical (unpaired) electrons. The van der Waals surface area contributed by atoms with E-state index in [1.54, 1.807) is 6.20 Å². The largest absolute Gasteiger partial charge is 0.330 e. The van der Waals surface area contributed by atoms with Crippen molar-refractivity contribution in [3.63, 3.8) is 0 Å².